The quantitative estimate of drug-likeness (QED) is 0.798. The fourth-order valence-electron chi connectivity index (χ4n) is 3.67. The fraction of sp³-hybridized carbons (Fsp3) is 0.632. The second-order valence-corrected chi connectivity index (χ2v) is 10.5. The van der Waals surface area contributed by atoms with Crippen molar-refractivity contribution in [3.8, 4) is 0 Å². The summed E-state index contributed by atoms with van der Waals surface area (Å²) in [5, 5.41) is 9.67. The zero-order valence-corrected chi connectivity index (χ0v) is 16.7. The third-order valence-electron chi connectivity index (χ3n) is 4.68. The predicted octanol–water partition coefficient (Wildman–Crippen LogP) is 3.52. The van der Waals surface area contributed by atoms with Crippen LogP contribution in [0.25, 0.3) is 0 Å². The van der Waals surface area contributed by atoms with Gasteiger partial charge in [-0.05, 0) is 36.9 Å². The maximum absolute atomic E-state index is 11.8. The minimum atomic E-state index is -1.22. The maximum atomic E-state index is 11.8. The summed E-state index contributed by atoms with van der Waals surface area (Å²) >= 11 is 0. The lowest BCUT2D eigenvalue weighted by atomic mass is 9.83. The van der Waals surface area contributed by atoms with Crippen LogP contribution in [0.3, 0.4) is 0 Å². The lowest BCUT2D eigenvalue weighted by molar-refractivity contribution is -0.143. The summed E-state index contributed by atoms with van der Waals surface area (Å²) in [5.41, 5.74) is 1.15. The standard InChI is InChI=1S/C19H31NO3Si/c1-19(2,3)17(23-24(4)5)15-11-12-16(18(21)22)20(15)13-14-9-7-6-8-10-14/h6-10,15-17,24H,11-13H2,1-5H3,(H,21,22)/t15-,16+,17?/m1/s1. The molecule has 0 saturated carbocycles. The SMILES string of the molecule is C[SiH](C)OC([C@H]1CC[C@@H](C(=O)O)N1Cc1ccccc1)C(C)(C)C. The van der Waals surface area contributed by atoms with E-state index in [4.69, 9.17) is 4.43 Å². The number of nitrogens with zero attached hydrogens (tertiary/aromatic N) is 1. The number of hydrogen-bond acceptors (Lipinski definition) is 3. The molecule has 1 aliphatic heterocycles. The average molecular weight is 350 g/mol. The summed E-state index contributed by atoms with van der Waals surface area (Å²) in [7, 11) is -1.22. The highest BCUT2D eigenvalue weighted by molar-refractivity contribution is 6.48. The third-order valence-corrected chi connectivity index (χ3v) is 5.51. The number of carbonyl (C=O) groups is 1. The van der Waals surface area contributed by atoms with Crippen LogP contribution < -0.4 is 0 Å². The van der Waals surface area contributed by atoms with Crippen molar-refractivity contribution in [1.29, 1.82) is 0 Å². The Morgan fingerprint density at radius 3 is 2.42 bits per heavy atom. The van der Waals surface area contributed by atoms with E-state index in [-0.39, 0.29) is 17.6 Å². The van der Waals surface area contributed by atoms with Crippen LogP contribution in [0.2, 0.25) is 13.1 Å². The molecule has 3 atom stereocenters. The molecule has 1 heterocycles. The highest BCUT2D eigenvalue weighted by Gasteiger charge is 2.45. The second kappa shape index (κ2) is 7.81. The van der Waals surface area contributed by atoms with Gasteiger partial charge in [0.15, 0.2) is 9.04 Å². The van der Waals surface area contributed by atoms with Crippen molar-refractivity contribution in [2.75, 3.05) is 0 Å². The summed E-state index contributed by atoms with van der Waals surface area (Å²) in [6.45, 7) is 11.6. The molecule has 1 fully saturated rings. The van der Waals surface area contributed by atoms with Gasteiger partial charge in [0.1, 0.15) is 6.04 Å². The molecule has 4 nitrogen and oxygen atoms in total. The molecule has 0 aromatic heterocycles. The average Bonchev–Trinajstić information content (AvgIpc) is 2.88. The number of likely N-dealkylation sites (tertiary alicyclic amines) is 1. The molecule has 1 aromatic carbocycles. The summed E-state index contributed by atoms with van der Waals surface area (Å²) in [6, 6.07) is 9.88. The fourth-order valence-corrected chi connectivity index (χ4v) is 4.84. The lowest BCUT2D eigenvalue weighted by Crippen LogP contribution is -2.51. The molecule has 0 bridgehead atoms. The zero-order valence-electron chi connectivity index (χ0n) is 15.5. The number of benzene rings is 1. The Hall–Kier alpha value is -1.17. The molecule has 134 valence electrons. The van der Waals surface area contributed by atoms with Gasteiger partial charge in [0.05, 0.1) is 6.10 Å². The molecule has 0 radical (unpaired) electrons. The van der Waals surface area contributed by atoms with Crippen LogP contribution in [0.15, 0.2) is 30.3 Å². The number of aliphatic carboxylic acids is 1. The van der Waals surface area contributed by atoms with Crippen LogP contribution >= 0.6 is 0 Å². The minimum absolute atomic E-state index is 0.00965. The Kier molecular flexibility index (Phi) is 6.23. The van der Waals surface area contributed by atoms with E-state index in [9.17, 15) is 9.90 Å². The van der Waals surface area contributed by atoms with Gasteiger partial charge in [-0.3, -0.25) is 9.69 Å². The first-order valence-corrected chi connectivity index (χ1v) is 11.7. The molecule has 1 saturated heterocycles. The smallest absolute Gasteiger partial charge is 0.320 e. The minimum Gasteiger partial charge on any atom is -0.480 e. The van der Waals surface area contributed by atoms with Gasteiger partial charge in [-0.15, -0.1) is 0 Å². The Labute approximate surface area is 147 Å². The molecule has 0 aliphatic carbocycles. The van der Waals surface area contributed by atoms with E-state index >= 15 is 0 Å². The lowest BCUT2D eigenvalue weighted by Gasteiger charge is -2.41. The van der Waals surface area contributed by atoms with E-state index in [1.165, 1.54) is 0 Å². The number of rotatable bonds is 6. The molecular formula is C19H31NO3Si. The first-order valence-electron chi connectivity index (χ1n) is 8.88. The van der Waals surface area contributed by atoms with Crippen LogP contribution in [0.5, 0.6) is 0 Å². The molecule has 24 heavy (non-hydrogen) atoms. The predicted molar refractivity (Wildman–Crippen MR) is 99.6 cm³/mol. The van der Waals surface area contributed by atoms with Crippen molar-refractivity contribution in [3.63, 3.8) is 0 Å². The van der Waals surface area contributed by atoms with E-state index in [2.05, 4.69) is 50.9 Å². The van der Waals surface area contributed by atoms with Crippen LogP contribution in [-0.4, -0.2) is 43.2 Å². The van der Waals surface area contributed by atoms with Gasteiger partial charge in [0.2, 0.25) is 0 Å². The second-order valence-electron chi connectivity index (χ2n) is 8.13. The molecule has 1 N–H and O–H groups in total. The van der Waals surface area contributed by atoms with Crippen molar-refractivity contribution in [1.82, 2.24) is 4.90 Å². The summed E-state index contributed by atoms with van der Waals surface area (Å²) in [4.78, 5) is 13.9. The Morgan fingerprint density at radius 1 is 1.29 bits per heavy atom. The Balaban J connectivity index is 2.29. The van der Waals surface area contributed by atoms with Crippen molar-refractivity contribution < 1.29 is 14.3 Å². The van der Waals surface area contributed by atoms with Crippen LogP contribution in [-0.2, 0) is 15.8 Å². The third kappa shape index (κ3) is 4.68. The van der Waals surface area contributed by atoms with Crippen LogP contribution in [0.4, 0.5) is 0 Å². The van der Waals surface area contributed by atoms with E-state index < -0.39 is 21.1 Å². The highest BCUT2D eigenvalue weighted by atomic mass is 28.3. The largest absolute Gasteiger partial charge is 0.480 e. The first-order chi connectivity index (χ1) is 11.2. The summed E-state index contributed by atoms with van der Waals surface area (Å²) in [5.74, 6) is -0.720. The topological polar surface area (TPSA) is 49.8 Å². The Bertz CT molecular complexity index is 541. The Morgan fingerprint density at radius 2 is 1.92 bits per heavy atom. The molecule has 0 spiro atoms. The molecule has 1 aliphatic rings. The van der Waals surface area contributed by atoms with Gasteiger partial charge in [0.25, 0.3) is 0 Å². The summed E-state index contributed by atoms with van der Waals surface area (Å²) in [6.07, 6.45) is 1.65. The maximum Gasteiger partial charge on any atom is 0.320 e. The molecule has 0 amide bonds. The van der Waals surface area contributed by atoms with E-state index in [1.54, 1.807) is 0 Å². The van der Waals surface area contributed by atoms with Gasteiger partial charge in [-0.2, -0.15) is 0 Å². The van der Waals surface area contributed by atoms with Crippen molar-refractivity contribution in [3.05, 3.63) is 35.9 Å². The number of carboxylic acids is 1. The number of hydrogen-bond donors (Lipinski definition) is 1. The van der Waals surface area contributed by atoms with Gasteiger partial charge >= 0.3 is 5.97 Å². The van der Waals surface area contributed by atoms with Gasteiger partial charge in [-0.1, -0.05) is 51.1 Å². The normalized spacial score (nSPS) is 23.6. The van der Waals surface area contributed by atoms with Gasteiger partial charge in [-0.25, -0.2) is 0 Å². The van der Waals surface area contributed by atoms with Gasteiger partial charge < -0.3 is 9.53 Å². The number of carboxylic acid groups (broad SMARTS) is 1. The van der Waals surface area contributed by atoms with E-state index in [1.807, 2.05) is 18.2 Å². The van der Waals surface area contributed by atoms with E-state index in [0.29, 0.717) is 13.0 Å². The summed E-state index contributed by atoms with van der Waals surface area (Å²) < 4.78 is 6.40. The first kappa shape index (κ1) is 19.2. The highest BCUT2D eigenvalue weighted by Crippen LogP contribution is 2.37. The molecular weight excluding hydrogens is 318 g/mol. The van der Waals surface area contributed by atoms with Crippen LogP contribution in [0, 0.1) is 5.41 Å². The molecule has 5 heteroatoms. The van der Waals surface area contributed by atoms with Crippen LogP contribution in [0.1, 0.15) is 39.2 Å². The molecule has 1 unspecified atom stereocenters. The van der Waals surface area contributed by atoms with E-state index in [0.717, 1.165) is 12.0 Å². The van der Waals surface area contributed by atoms with Crippen molar-refractivity contribution >= 4 is 15.0 Å². The monoisotopic (exact) mass is 349 g/mol. The molecule has 2 rings (SSSR count). The van der Waals surface area contributed by atoms with Crippen molar-refractivity contribution in [2.24, 2.45) is 5.41 Å². The van der Waals surface area contributed by atoms with Crippen molar-refractivity contribution in [2.45, 2.75) is 71.4 Å². The zero-order chi connectivity index (χ0) is 17.9. The molecule has 1 aromatic rings. The van der Waals surface area contributed by atoms with Gasteiger partial charge in [0, 0.05) is 12.6 Å².